The Morgan fingerprint density at radius 2 is 2.25 bits per heavy atom. The van der Waals surface area contributed by atoms with Gasteiger partial charge in [-0.15, -0.1) is 11.8 Å². The van der Waals surface area contributed by atoms with Crippen LogP contribution in [0, 0.1) is 0 Å². The Hall–Kier alpha value is -1.24. The van der Waals surface area contributed by atoms with Crippen molar-refractivity contribution in [3.63, 3.8) is 0 Å². The van der Waals surface area contributed by atoms with E-state index in [1.807, 2.05) is 24.3 Å². The molecule has 0 aliphatic carbocycles. The average Bonchev–Trinajstić information content (AvgIpc) is 2.91. The fraction of sp³-hybridized carbons (Fsp3) is 0.500. The molecule has 0 bridgehead atoms. The van der Waals surface area contributed by atoms with Crippen LogP contribution in [0.3, 0.4) is 0 Å². The lowest BCUT2D eigenvalue weighted by Crippen LogP contribution is -2.43. The highest BCUT2D eigenvalue weighted by Gasteiger charge is 2.32. The van der Waals surface area contributed by atoms with Gasteiger partial charge in [0.15, 0.2) is 0 Å². The second-order valence-electron chi connectivity index (χ2n) is 4.77. The van der Waals surface area contributed by atoms with E-state index in [4.69, 9.17) is 9.47 Å². The highest BCUT2D eigenvalue weighted by molar-refractivity contribution is 8.00. The molecule has 0 spiro atoms. The number of carbonyl (C=O) groups excluding carboxylic acids is 1. The summed E-state index contributed by atoms with van der Waals surface area (Å²) in [4.78, 5) is 12.7. The smallest absolute Gasteiger partial charge is 0.230 e. The standard InChI is InChI=1S/C14H19NO4S/c1-18-11-2-4-12(5-3-11)20-8-13(16)15-9-14(17)6-7-19-10-14/h2-5,17H,6-10H2,1H3,(H,15,16). The van der Waals surface area contributed by atoms with Crippen molar-refractivity contribution in [2.24, 2.45) is 0 Å². The Balaban J connectivity index is 1.71. The van der Waals surface area contributed by atoms with Gasteiger partial charge in [0.05, 0.1) is 19.5 Å². The summed E-state index contributed by atoms with van der Waals surface area (Å²) in [5.74, 6) is 1.02. The summed E-state index contributed by atoms with van der Waals surface area (Å²) < 4.78 is 10.2. The number of thioether (sulfide) groups is 1. The van der Waals surface area contributed by atoms with Crippen LogP contribution in [0.4, 0.5) is 0 Å². The molecule has 1 aliphatic rings. The third-order valence-corrected chi connectivity index (χ3v) is 4.14. The molecular weight excluding hydrogens is 278 g/mol. The van der Waals surface area contributed by atoms with Gasteiger partial charge >= 0.3 is 0 Å². The summed E-state index contributed by atoms with van der Waals surface area (Å²) >= 11 is 1.45. The predicted octanol–water partition coefficient (Wildman–Crippen LogP) is 1.05. The molecule has 5 nitrogen and oxygen atoms in total. The van der Waals surface area contributed by atoms with Crippen LogP contribution in [0.25, 0.3) is 0 Å². The van der Waals surface area contributed by atoms with E-state index < -0.39 is 5.60 Å². The first kappa shape index (κ1) is 15.2. The molecule has 1 aromatic carbocycles. The number of hydrogen-bond acceptors (Lipinski definition) is 5. The van der Waals surface area contributed by atoms with Crippen molar-refractivity contribution in [3.05, 3.63) is 24.3 Å². The zero-order valence-electron chi connectivity index (χ0n) is 11.4. The predicted molar refractivity (Wildman–Crippen MR) is 77.1 cm³/mol. The van der Waals surface area contributed by atoms with E-state index in [1.165, 1.54) is 11.8 Å². The second kappa shape index (κ2) is 6.97. The summed E-state index contributed by atoms with van der Waals surface area (Å²) in [5, 5.41) is 12.8. The first-order valence-corrected chi connectivity index (χ1v) is 7.43. The van der Waals surface area contributed by atoms with Crippen molar-refractivity contribution in [1.82, 2.24) is 5.32 Å². The maximum absolute atomic E-state index is 11.7. The summed E-state index contributed by atoms with van der Waals surface area (Å²) in [7, 11) is 1.62. The Morgan fingerprint density at radius 1 is 1.50 bits per heavy atom. The van der Waals surface area contributed by atoms with Crippen LogP contribution >= 0.6 is 11.8 Å². The van der Waals surface area contributed by atoms with Gasteiger partial charge < -0.3 is 19.9 Å². The molecule has 1 heterocycles. The molecule has 1 saturated heterocycles. The summed E-state index contributed by atoms with van der Waals surface area (Å²) in [6.07, 6.45) is 0.568. The summed E-state index contributed by atoms with van der Waals surface area (Å²) in [6.45, 7) is 1.08. The van der Waals surface area contributed by atoms with Crippen molar-refractivity contribution in [3.8, 4) is 5.75 Å². The maximum Gasteiger partial charge on any atom is 0.230 e. The number of amides is 1. The van der Waals surface area contributed by atoms with Crippen molar-refractivity contribution >= 4 is 17.7 Å². The third kappa shape index (κ3) is 4.40. The van der Waals surface area contributed by atoms with E-state index in [2.05, 4.69) is 5.32 Å². The Kier molecular flexibility index (Phi) is 5.28. The van der Waals surface area contributed by atoms with Gasteiger partial charge in [0.2, 0.25) is 5.91 Å². The number of hydrogen-bond donors (Lipinski definition) is 2. The van der Waals surface area contributed by atoms with Crippen molar-refractivity contribution in [2.75, 3.05) is 32.6 Å². The lowest BCUT2D eigenvalue weighted by molar-refractivity contribution is -0.119. The molecule has 1 fully saturated rings. The van der Waals surface area contributed by atoms with E-state index in [0.717, 1.165) is 10.6 Å². The fourth-order valence-corrected chi connectivity index (χ4v) is 2.60. The van der Waals surface area contributed by atoms with Crippen LogP contribution in [0.15, 0.2) is 29.2 Å². The molecule has 1 unspecified atom stereocenters. The van der Waals surface area contributed by atoms with Crippen molar-refractivity contribution < 1.29 is 19.4 Å². The van der Waals surface area contributed by atoms with Gasteiger partial charge in [-0.1, -0.05) is 0 Å². The largest absolute Gasteiger partial charge is 0.497 e. The lowest BCUT2D eigenvalue weighted by Gasteiger charge is -2.20. The quantitative estimate of drug-likeness (QED) is 0.768. The Labute approximate surface area is 122 Å². The molecule has 0 aromatic heterocycles. The normalized spacial score (nSPS) is 21.7. The zero-order chi connectivity index (χ0) is 14.4. The molecule has 0 saturated carbocycles. The van der Waals surface area contributed by atoms with Crippen LogP contribution in [0.2, 0.25) is 0 Å². The van der Waals surface area contributed by atoms with Gasteiger partial charge in [-0.3, -0.25) is 4.79 Å². The van der Waals surface area contributed by atoms with E-state index >= 15 is 0 Å². The van der Waals surface area contributed by atoms with Gasteiger partial charge in [-0.25, -0.2) is 0 Å². The fourth-order valence-electron chi connectivity index (χ4n) is 1.87. The summed E-state index contributed by atoms with van der Waals surface area (Å²) in [6, 6.07) is 7.54. The lowest BCUT2D eigenvalue weighted by atomic mass is 10.0. The Morgan fingerprint density at radius 3 is 2.85 bits per heavy atom. The molecule has 0 radical (unpaired) electrons. The molecule has 1 aromatic rings. The van der Waals surface area contributed by atoms with Gasteiger partial charge in [0.25, 0.3) is 0 Å². The van der Waals surface area contributed by atoms with Gasteiger partial charge in [-0.2, -0.15) is 0 Å². The minimum atomic E-state index is -0.902. The molecule has 2 rings (SSSR count). The van der Waals surface area contributed by atoms with Crippen LogP contribution in [0.5, 0.6) is 5.75 Å². The van der Waals surface area contributed by atoms with Gasteiger partial charge in [-0.05, 0) is 24.3 Å². The molecule has 6 heteroatoms. The molecule has 1 amide bonds. The molecular formula is C14H19NO4S. The van der Waals surface area contributed by atoms with E-state index in [9.17, 15) is 9.90 Å². The number of aliphatic hydroxyl groups is 1. The monoisotopic (exact) mass is 297 g/mol. The molecule has 1 atom stereocenters. The maximum atomic E-state index is 11.7. The number of ether oxygens (including phenoxy) is 2. The SMILES string of the molecule is COc1ccc(SCC(=O)NCC2(O)CCOC2)cc1. The zero-order valence-corrected chi connectivity index (χ0v) is 12.2. The second-order valence-corrected chi connectivity index (χ2v) is 5.82. The Bertz CT molecular complexity index is 443. The topological polar surface area (TPSA) is 67.8 Å². The van der Waals surface area contributed by atoms with Gasteiger partial charge in [0, 0.05) is 24.5 Å². The van der Waals surface area contributed by atoms with Crippen LogP contribution < -0.4 is 10.1 Å². The number of carbonyl (C=O) groups is 1. The first-order valence-electron chi connectivity index (χ1n) is 6.45. The number of benzene rings is 1. The molecule has 20 heavy (non-hydrogen) atoms. The van der Waals surface area contributed by atoms with Crippen LogP contribution in [0.1, 0.15) is 6.42 Å². The third-order valence-electron chi connectivity index (χ3n) is 3.13. The number of rotatable bonds is 6. The van der Waals surface area contributed by atoms with Crippen molar-refractivity contribution in [1.29, 1.82) is 0 Å². The number of nitrogens with one attached hydrogen (secondary N) is 1. The minimum absolute atomic E-state index is 0.0915. The first-order chi connectivity index (χ1) is 9.61. The van der Waals surface area contributed by atoms with Crippen LogP contribution in [-0.2, 0) is 9.53 Å². The van der Waals surface area contributed by atoms with Crippen LogP contribution in [-0.4, -0.2) is 49.2 Å². The highest BCUT2D eigenvalue weighted by atomic mass is 32.2. The van der Waals surface area contributed by atoms with E-state index in [1.54, 1.807) is 7.11 Å². The molecule has 2 N–H and O–H groups in total. The molecule has 1 aliphatic heterocycles. The summed E-state index contributed by atoms with van der Waals surface area (Å²) in [5.41, 5.74) is -0.902. The van der Waals surface area contributed by atoms with Gasteiger partial charge in [0.1, 0.15) is 11.4 Å². The highest BCUT2D eigenvalue weighted by Crippen LogP contribution is 2.21. The van der Waals surface area contributed by atoms with E-state index in [-0.39, 0.29) is 12.5 Å². The van der Waals surface area contributed by atoms with Crippen molar-refractivity contribution in [2.45, 2.75) is 16.9 Å². The number of methoxy groups -OCH3 is 1. The minimum Gasteiger partial charge on any atom is -0.497 e. The molecule has 110 valence electrons. The van der Waals surface area contributed by atoms with E-state index in [0.29, 0.717) is 25.4 Å². The average molecular weight is 297 g/mol.